The van der Waals surface area contributed by atoms with Crippen LogP contribution in [0.5, 0.6) is 5.75 Å². The lowest BCUT2D eigenvalue weighted by molar-refractivity contribution is 0.0502. The zero-order chi connectivity index (χ0) is 15.6. The molecule has 0 spiro atoms. The van der Waals surface area contributed by atoms with Crippen LogP contribution in [0.25, 0.3) is 0 Å². The van der Waals surface area contributed by atoms with Gasteiger partial charge in [-0.2, -0.15) is 0 Å². The van der Waals surface area contributed by atoms with Crippen LogP contribution in [0.4, 0.5) is 0 Å². The van der Waals surface area contributed by atoms with Gasteiger partial charge in [-0.05, 0) is 29.7 Å². The van der Waals surface area contributed by atoms with E-state index in [1.807, 2.05) is 0 Å². The van der Waals surface area contributed by atoms with Gasteiger partial charge in [-0.3, -0.25) is 0 Å². The summed E-state index contributed by atoms with van der Waals surface area (Å²) < 4.78 is 55.6. The second-order valence-electron chi connectivity index (χ2n) is 2.67. The fourth-order valence-corrected chi connectivity index (χ4v) is 1.38. The number of rotatable bonds is 4. The molecule has 1 aromatic rings. The number of ether oxygens (including phenoxy) is 2. The van der Waals surface area contributed by atoms with Gasteiger partial charge in [0.25, 0.3) is 0 Å². The van der Waals surface area contributed by atoms with Gasteiger partial charge in [-0.1, -0.05) is 29.6 Å². The molecule has 0 saturated heterocycles. The summed E-state index contributed by atoms with van der Waals surface area (Å²) in [4.78, 5) is 0. The normalized spacial score (nSPS) is 18.8. The highest BCUT2D eigenvalue weighted by atomic mass is 79.9. The zero-order valence-corrected chi connectivity index (χ0v) is 9.30. The first kappa shape index (κ1) is 5.52. The van der Waals surface area contributed by atoms with Crippen LogP contribution in [0.2, 0.25) is 0 Å². The van der Waals surface area contributed by atoms with E-state index < -0.39 is 19.6 Å². The standard InChI is InChI=1S/C11H15BrO2/c1-8(2)10-6-9(12)4-5-11(10)14-7-13-3/h4-6,8H,7H2,1-3H3/i1D3,2D3. The molecule has 2 nitrogen and oxygen atoms in total. The SMILES string of the molecule is [2H]C([2H])([2H])C(c1cc(Br)ccc1OCOC)C([2H])([2H])[2H]. The molecule has 0 unspecified atom stereocenters. The van der Waals surface area contributed by atoms with Gasteiger partial charge in [-0.25, -0.2) is 0 Å². The highest BCUT2D eigenvalue weighted by Gasteiger charge is 2.07. The van der Waals surface area contributed by atoms with Crippen LogP contribution >= 0.6 is 15.9 Å². The lowest BCUT2D eigenvalue weighted by Crippen LogP contribution is -2.02. The van der Waals surface area contributed by atoms with E-state index in [1.54, 1.807) is 6.07 Å². The first-order chi connectivity index (χ1) is 9.07. The van der Waals surface area contributed by atoms with Crippen molar-refractivity contribution in [2.45, 2.75) is 19.6 Å². The quantitative estimate of drug-likeness (QED) is 0.775. The van der Waals surface area contributed by atoms with Crippen LogP contribution in [0.15, 0.2) is 22.7 Å². The summed E-state index contributed by atoms with van der Waals surface area (Å²) in [5.74, 6) is -1.44. The maximum absolute atomic E-state index is 7.50. The van der Waals surface area contributed by atoms with Gasteiger partial charge in [0, 0.05) is 19.8 Å². The molecule has 0 saturated carbocycles. The Balaban J connectivity index is 3.35. The predicted octanol–water partition coefficient (Wildman–Crippen LogP) is 3.56. The van der Waals surface area contributed by atoms with E-state index in [0.717, 1.165) is 0 Å². The number of hydrogen-bond donors (Lipinski definition) is 0. The third-order valence-electron chi connectivity index (χ3n) is 1.62. The topological polar surface area (TPSA) is 18.5 Å². The molecule has 0 aliphatic heterocycles. The van der Waals surface area contributed by atoms with Crippen molar-refractivity contribution < 1.29 is 17.7 Å². The molecule has 0 heterocycles. The van der Waals surface area contributed by atoms with Crippen LogP contribution in [0.3, 0.4) is 0 Å². The van der Waals surface area contributed by atoms with Gasteiger partial charge < -0.3 is 9.47 Å². The van der Waals surface area contributed by atoms with Crippen molar-refractivity contribution in [3.05, 3.63) is 28.2 Å². The fourth-order valence-electron chi connectivity index (χ4n) is 0.999. The van der Waals surface area contributed by atoms with E-state index in [2.05, 4.69) is 15.9 Å². The Morgan fingerprint density at radius 3 is 2.93 bits per heavy atom. The molecule has 0 atom stereocenters. The molecule has 0 bridgehead atoms. The molecule has 1 aromatic carbocycles. The molecule has 78 valence electrons. The highest BCUT2D eigenvalue weighted by molar-refractivity contribution is 9.10. The van der Waals surface area contributed by atoms with Crippen molar-refractivity contribution in [3.8, 4) is 5.75 Å². The van der Waals surface area contributed by atoms with Gasteiger partial charge in [0.05, 0.1) is 0 Å². The summed E-state index contributed by atoms with van der Waals surface area (Å²) in [5, 5.41) is 0. The molecule has 1 rings (SSSR count). The first-order valence-corrected chi connectivity index (χ1v) is 4.78. The van der Waals surface area contributed by atoms with E-state index in [4.69, 9.17) is 17.7 Å². The average molecular weight is 265 g/mol. The van der Waals surface area contributed by atoms with E-state index in [1.165, 1.54) is 19.2 Å². The van der Waals surface area contributed by atoms with Crippen molar-refractivity contribution in [2.24, 2.45) is 0 Å². The minimum atomic E-state index is -2.67. The maximum atomic E-state index is 7.50. The van der Waals surface area contributed by atoms with Gasteiger partial charge in [0.2, 0.25) is 0 Å². The minimum Gasteiger partial charge on any atom is -0.467 e. The van der Waals surface area contributed by atoms with Gasteiger partial charge in [0.15, 0.2) is 6.79 Å². The van der Waals surface area contributed by atoms with Crippen LogP contribution in [0, 0.1) is 0 Å². The Bertz CT molecular complexity index is 443. The first-order valence-electron chi connectivity index (χ1n) is 6.98. The predicted molar refractivity (Wildman–Crippen MR) is 60.7 cm³/mol. The molecule has 0 aromatic heterocycles. The van der Waals surface area contributed by atoms with Crippen molar-refractivity contribution in [2.75, 3.05) is 13.9 Å². The van der Waals surface area contributed by atoms with Gasteiger partial charge in [-0.15, -0.1) is 0 Å². The molecule has 14 heavy (non-hydrogen) atoms. The summed E-state index contributed by atoms with van der Waals surface area (Å²) >= 11 is 3.21. The maximum Gasteiger partial charge on any atom is 0.188 e. The second-order valence-corrected chi connectivity index (χ2v) is 3.58. The average Bonchev–Trinajstić information content (AvgIpc) is 2.24. The van der Waals surface area contributed by atoms with E-state index in [0.29, 0.717) is 4.47 Å². The Kier molecular flexibility index (Phi) is 2.12. The summed E-state index contributed by atoms with van der Waals surface area (Å²) in [6, 6.07) is 4.61. The van der Waals surface area contributed by atoms with Crippen LogP contribution < -0.4 is 4.74 Å². The number of halogens is 1. The molecule has 0 aliphatic carbocycles. The van der Waals surface area contributed by atoms with E-state index >= 15 is 0 Å². The van der Waals surface area contributed by atoms with Gasteiger partial charge in [0.1, 0.15) is 5.75 Å². The van der Waals surface area contributed by atoms with Crippen molar-refractivity contribution in [1.82, 2.24) is 0 Å². The second kappa shape index (κ2) is 5.37. The number of methoxy groups -OCH3 is 1. The molecule has 0 aliphatic rings. The monoisotopic (exact) mass is 264 g/mol. The summed E-state index contributed by atoms with van der Waals surface area (Å²) in [5.41, 5.74) is 0.108. The molecule has 0 N–H and O–H groups in total. The third kappa shape index (κ3) is 3.00. The Morgan fingerprint density at radius 1 is 1.50 bits per heavy atom. The van der Waals surface area contributed by atoms with Crippen molar-refractivity contribution in [3.63, 3.8) is 0 Å². The van der Waals surface area contributed by atoms with Crippen LogP contribution in [-0.2, 0) is 4.74 Å². The molecule has 0 amide bonds. The Hall–Kier alpha value is -0.540. The summed E-state index contributed by atoms with van der Waals surface area (Å²) in [6.07, 6.45) is 0. The van der Waals surface area contributed by atoms with Gasteiger partial charge >= 0.3 is 0 Å². The van der Waals surface area contributed by atoms with Crippen molar-refractivity contribution >= 4 is 15.9 Å². The Labute approximate surface area is 102 Å². The molecule has 0 fully saturated rings. The lowest BCUT2D eigenvalue weighted by atomic mass is 10.0. The number of benzene rings is 1. The van der Waals surface area contributed by atoms with Crippen LogP contribution in [0.1, 0.15) is 33.4 Å². The molecular weight excluding hydrogens is 244 g/mol. The number of hydrogen-bond acceptors (Lipinski definition) is 2. The minimum absolute atomic E-state index is 0.0939. The van der Waals surface area contributed by atoms with E-state index in [-0.39, 0.29) is 18.1 Å². The summed E-state index contributed by atoms with van der Waals surface area (Å²) in [7, 11) is 1.42. The fraction of sp³-hybridized carbons (Fsp3) is 0.455. The third-order valence-corrected chi connectivity index (χ3v) is 2.11. The summed E-state index contributed by atoms with van der Waals surface area (Å²) in [6.45, 7) is -5.43. The highest BCUT2D eigenvalue weighted by Crippen LogP contribution is 2.29. The van der Waals surface area contributed by atoms with Crippen molar-refractivity contribution in [1.29, 1.82) is 0 Å². The Morgan fingerprint density at radius 2 is 2.29 bits per heavy atom. The molecule has 3 heteroatoms. The van der Waals surface area contributed by atoms with Crippen LogP contribution in [-0.4, -0.2) is 13.9 Å². The largest absolute Gasteiger partial charge is 0.467 e. The lowest BCUT2D eigenvalue weighted by Gasteiger charge is -2.13. The zero-order valence-electron chi connectivity index (χ0n) is 13.7. The smallest absolute Gasteiger partial charge is 0.188 e. The molecule has 0 radical (unpaired) electrons. The molecular formula is C11H15BrO2. The van der Waals surface area contributed by atoms with E-state index in [9.17, 15) is 0 Å².